The SMILES string of the molecule is C=COC(C)=O.C=COC(C)=O.C=COC(C)=O. The molecule has 0 unspecified atom stereocenters. The minimum Gasteiger partial charge on any atom is -0.435 e. The standard InChI is InChI=1S/3C4H6O2/c3*1-3-6-4(2)5/h3*3H,1H2,2H3. The van der Waals surface area contributed by atoms with E-state index in [9.17, 15) is 14.4 Å². The second-order valence-corrected chi connectivity index (χ2v) is 2.33. The molecule has 0 aliphatic rings. The van der Waals surface area contributed by atoms with Gasteiger partial charge < -0.3 is 14.2 Å². The number of ether oxygens (including phenoxy) is 3. The van der Waals surface area contributed by atoms with E-state index in [0.717, 1.165) is 18.8 Å². The van der Waals surface area contributed by atoms with Gasteiger partial charge in [0.15, 0.2) is 0 Å². The lowest BCUT2D eigenvalue weighted by Crippen LogP contribution is -1.87. The third-order valence-electron chi connectivity index (χ3n) is 0.748. The topological polar surface area (TPSA) is 78.9 Å². The van der Waals surface area contributed by atoms with Gasteiger partial charge in [0.05, 0.1) is 18.8 Å². The molecule has 0 saturated heterocycles. The first-order valence-electron chi connectivity index (χ1n) is 4.66. The van der Waals surface area contributed by atoms with Crippen LogP contribution in [0.25, 0.3) is 0 Å². The highest BCUT2D eigenvalue weighted by atomic mass is 16.5. The summed E-state index contributed by atoms with van der Waals surface area (Å²) in [5, 5.41) is 0. The van der Waals surface area contributed by atoms with Gasteiger partial charge in [0.2, 0.25) is 0 Å². The van der Waals surface area contributed by atoms with Gasteiger partial charge in [-0.2, -0.15) is 0 Å². The summed E-state index contributed by atoms with van der Waals surface area (Å²) in [6, 6.07) is 0. The molecule has 0 radical (unpaired) electrons. The minimum absolute atomic E-state index is 0.329. The maximum atomic E-state index is 9.75. The summed E-state index contributed by atoms with van der Waals surface area (Å²) in [6.45, 7) is 13.4. The van der Waals surface area contributed by atoms with Crippen LogP contribution in [0.3, 0.4) is 0 Å². The van der Waals surface area contributed by atoms with Crippen molar-refractivity contribution in [3.63, 3.8) is 0 Å². The molecule has 0 bridgehead atoms. The maximum Gasteiger partial charge on any atom is 0.307 e. The third kappa shape index (κ3) is 49.5. The number of carbonyl (C=O) groups excluding carboxylic acids is 3. The van der Waals surface area contributed by atoms with E-state index in [0.29, 0.717) is 0 Å². The third-order valence-corrected chi connectivity index (χ3v) is 0.748. The van der Waals surface area contributed by atoms with Gasteiger partial charge in [0, 0.05) is 20.8 Å². The normalized spacial score (nSPS) is 6.83. The highest BCUT2D eigenvalue weighted by molar-refractivity contribution is 5.67. The summed E-state index contributed by atoms with van der Waals surface area (Å²) in [6.07, 6.45) is 3.30. The van der Waals surface area contributed by atoms with Crippen molar-refractivity contribution in [1.29, 1.82) is 0 Å². The highest BCUT2D eigenvalue weighted by Crippen LogP contribution is 1.71. The van der Waals surface area contributed by atoms with E-state index >= 15 is 0 Å². The van der Waals surface area contributed by atoms with Crippen LogP contribution in [0.2, 0.25) is 0 Å². The van der Waals surface area contributed by atoms with Crippen LogP contribution in [-0.2, 0) is 28.6 Å². The number of rotatable bonds is 3. The Bertz CT molecular complexity index is 245. The summed E-state index contributed by atoms with van der Waals surface area (Å²) < 4.78 is 12.5. The quantitative estimate of drug-likeness (QED) is 0.438. The molecule has 0 rings (SSSR count). The lowest BCUT2D eigenvalue weighted by atomic mass is 10.8. The maximum absolute atomic E-state index is 9.75. The number of hydrogen-bond donors (Lipinski definition) is 0. The van der Waals surface area contributed by atoms with Gasteiger partial charge in [-0.25, -0.2) is 0 Å². The van der Waals surface area contributed by atoms with Gasteiger partial charge >= 0.3 is 17.9 Å². The van der Waals surface area contributed by atoms with Gasteiger partial charge in [0.1, 0.15) is 0 Å². The molecule has 0 aromatic rings. The van der Waals surface area contributed by atoms with Gasteiger partial charge in [-0.1, -0.05) is 19.7 Å². The Morgan fingerprint density at radius 1 is 0.667 bits per heavy atom. The average molecular weight is 258 g/mol. The first-order chi connectivity index (χ1) is 8.31. The van der Waals surface area contributed by atoms with E-state index in [1.807, 2.05) is 0 Å². The molecule has 0 saturated carbocycles. The number of hydrogen-bond acceptors (Lipinski definition) is 6. The molecule has 18 heavy (non-hydrogen) atoms. The number of carbonyl (C=O) groups is 3. The molecule has 0 aromatic heterocycles. The van der Waals surface area contributed by atoms with E-state index in [4.69, 9.17) is 0 Å². The second-order valence-electron chi connectivity index (χ2n) is 2.33. The molecule has 0 N–H and O–H groups in total. The molecule has 6 heteroatoms. The van der Waals surface area contributed by atoms with Crippen LogP contribution in [0, 0.1) is 0 Å². The summed E-state index contributed by atoms with van der Waals surface area (Å²) in [7, 11) is 0. The fourth-order valence-electron chi connectivity index (χ4n) is 0.352. The molecular formula is C12H18O6. The summed E-state index contributed by atoms with van der Waals surface area (Å²) in [5.74, 6) is -0.986. The Hall–Kier alpha value is -2.37. The van der Waals surface area contributed by atoms with Gasteiger partial charge in [0.25, 0.3) is 0 Å². The smallest absolute Gasteiger partial charge is 0.307 e. The largest absolute Gasteiger partial charge is 0.435 e. The molecule has 0 atom stereocenters. The van der Waals surface area contributed by atoms with Crippen molar-refractivity contribution in [2.24, 2.45) is 0 Å². The Morgan fingerprint density at radius 3 is 0.833 bits per heavy atom. The van der Waals surface area contributed by atoms with Crippen LogP contribution in [0.4, 0.5) is 0 Å². The fourth-order valence-corrected chi connectivity index (χ4v) is 0.352. The van der Waals surface area contributed by atoms with Crippen LogP contribution >= 0.6 is 0 Å². The van der Waals surface area contributed by atoms with Crippen LogP contribution in [0.15, 0.2) is 38.5 Å². The van der Waals surface area contributed by atoms with Crippen molar-refractivity contribution in [2.45, 2.75) is 20.8 Å². The first-order valence-corrected chi connectivity index (χ1v) is 4.66. The zero-order chi connectivity index (χ0) is 15.0. The van der Waals surface area contributed by atoms with E-state index in [1.54, 1.807) is 0 Å². The molecule has 0 aromatic carbocycles. The first kappa shape index (κ1) is 21.0. The lowest BCUT2D eigenvalue weighted by molar-refractivity contribution is -0.136. The molecule has 6 nitrogen and oxygen atoms in total. The Balaban J connectivity index is -0.000000187. The van der Waals surface area contributed by atoms with Crippen molar-refractivity contribution in [3.05, 3.63) is 38.5 Å². The van der Waals surface area contributed by atoms with E-state index in [1.165, 1.54) is 20.8 Å². The van der Waals surface area contributed by atoms with E-state index in [-0.39, 0.29) is 17.9 Å². The summed E-state index contributed by atoms with van der Waals surface area (Å²) >= 11 is 0. The molecule has 0 aliphatic heterocycles. The summed E-state index contributed by atoms with van der Waals surface area (Å²) in [5.41, 5.74) is 0. The zero-order valence-electron chi connectivity index (χ0n) is 10.8. The molecule has 0 amide bonds. The molecule has 0 fully saturated rings. The van der Waals surface area contributed by atoms with Crippen molar-refractivity contribution >= 4 is 17.9 Å². The van der Waals surface area contributed by atoms with Crippen LogP contribution < -0.4 is 0 Å². The van der Waals surface area contributed by atoms with Crippen molar-refractivity contribution in [2.75, 3.05) is 0 Å². The zero-order valence-corrected chi connectivity index (χ0v) is 10.8. The second kappa shape index (κ2) is 17.0. The average Bonchev–Trinajstić information content (AvgIpc) is 2.18. The van der Waals surface area contributed by atoms with Crippen LogP contribution in [0.1, 0.15) is 20.8 Å². The van der Waals surface area contributed by atoms with Crippen LogP contribution in [-0.4, -0.2) is 17.9 Å². The monoisotopic (exact) mass is 258 g/mol. The Labute approximate surface area is 107 Å². The van der Waals surface area contributed by atoms with Crippen molar-refractivity contribution in [3.8, 4) is 0 Å². The number of esters is 3. The van der Waals surface area contributed by atoms with Gasteiger partial charge in [-0.3, -0.25) is 14.4 Å². The molecular weight excluding hydrogens is 240 g/mol. The fraction of sp³-hybridized carbons (Fsp3) is 0.250. The molecule has 102 valence electrons. The van der Waals surface area contributed by atoms with Crippen molar-refractivity contribution in [1.82, 2.24) is 0 Å². The Morgan fingerprint density at radius 2 is 0.833 bits per heavy atom. The van der Waals surface area contributed by atoms with Gasteiger partial charge in [-0.05, 0) is 0 Å². The van der Waals surface area contributed by atoms with Crippen LogP contribution in [0.5, 0.6) is 0 Å². The van der Waals surface area contributed by atoms with Gasteiger partial charge in [-0.15, -0.1) is 0 Å². The van der Waals surface area contributed by atoms with E-state index in [2.05, 4.69) is 33.9 Å². The lowest BCUT2D eigenvalue weighted by Gasteiger charge is -1.83. The minimum atomic E-state index is -0.329. The highest BCUT2D eigenvalue weighted by Gasteiger charge is 1.80. The Kier molecular flexibility index (Phi) is 19.9. The molecule has 0 spiro atoms. The predicted molar refractivity (Wildman–Crippen MR) is 65.9 cm³/mol. The molecule has 0 aliphatic carbocycles. The molecule has 0 heterocycles. The van der Waals surface area contributed by atoms with Crippen molar-refractivity contribution < 1.29 is 28.6 Å². The predicted octanol–water partition coefficient (Wildman–Crippen LogP) is 2.08. The van der Waals surface area contributed by atoms with E-state index < -0.39 is 0 Å². The summed E-state index contributed by atoms with van der Waals surface area (Å²) in [4.78, 5) is 29.3.